The molecule has 1 amide bonds. The highest BCUT2D eigenvalue weighted by Gasteiger charge is 2.25. The molecule has 27 heavy (non-hydrogen) atoms. The number of rotatable bonds is 9. The average molecular weight is 411 g/mol. The Morgan fingerprint density at radius 1 is 1.48 bits per heavy atom. The molecule has 0 aromatic carbocycles. The van der Waals surface area contributed by atoms with Crippen LogP contribution in [0.25, 0.3) is 10.8 Å². The van der Waals surface area contributed by atoms with Crippen molar-refractivity contribution in [3.8, 4) is 10.8 Å². The molecule has 1 saturated heterocycles. The molecule has 0 aliphatic carbocycles. The molecule has 0 spiro atoms. The van der Waals surface area contributed by atoms with E-state index in [1.54, 1.807) is 16.0 Å². The van der Waals surface area contributed by atoms with Crippen LogP contribution in [-0.4, -0.2) is 53.4 Å². The normalized spacial score (nSPS) is 15.9. The summed E-state index contributed by atoms with van der Waals surface area (Å²) in [5.74, 6) is 0.806. The summed E-state index contributed by atoms with van der Waals surface area (Å²) in [7, 11) is 0. The molecule has 0 saturated carbocycles. The van der Waals surface area contributed by atoms with E-state index in [0.29, 0.717) is 30.5 Å². The van der Waals surface area contributed by atoms with Gasteiger partial charge in [-0.1, -0.05) is 6.07 Å². The van der Waals surface area contributed by atoms with Gasteiger partial charge in [-0.25, -0.2) is 4.68 Å². The molecule has 9 heteroatoms. The average Bonchev–Trinajstić information content (AvgIpc) is 3.32. The van der Waals surface area contributed by atoms with Crippen molar-refractivity contribution in [1.29, 1.82) is 0 Å². The van der Waals surface area contributed by atoms with Gasteiger partial charge in [0.2, 0.25) is 5.91 Å². The molecule has 1 aliphatic heterocycles. The van der Waals surface area contributed by atoms with Gasteiger partial charge in [-0.2, -0.15) is 0 Å². The van der Waals surface area contributed by atoms with E-state index < -0.39 is 0 Å². The molecular weight excluding hydrogens is 384 g/mol. The Labute approximate surface area is 168 Å². The number of hydrogen-bond donors (Lipinski definition) is 1. The van der Waals surface area contributed by atoms with Crippen molar-refractivity contribution < 1.29 is 13.9 Å². The number of hydrogen-bond acceptors (Lipinski definition) is 7. The second-order valence-electron chi connectivity index (χ2n) is 6.53. The second-order valence-corrected chi connectivity index (χ2v) is 7.82. The Morgan fingerprint density at radius 2 is 2.30 bits per heavy atom. The zero-order valence-electron chi connectivity index (χ0n) is 15.6. The predicted octanol–water partition coefficient (Wildman–Crippen LogP) is 3.15. The van der Waals surface area contributed by atoms with E-state index in [1.807, 2.05) is 24.4 Å². The molecule has 3 heterocycles. The number of amides is 1. The van der Waals surface area contributed by atoms with Crippen LogP contribution in [0, 0.1) is 10.8 Å². The van der Waals surface area contributed by atoms with Crippen molar-refractivity contribution in [2.75, 3.05) is 32.8 Å². The van der Waals surface area contributed by atoms with Crippen LogP contribution in [0.15, 0.2) is 21.9 Å². The largest absolute Gasteiger partial charge is 0.408 e. The van der Waals surface area contributed by atoms with E-state index >= 15 is 0 Å². The quantitative estimate of drug-likeness (QED) is 0.506. The van der Waals surface area contributed by atoms with Crippen LogP contribution in [-0.2, 0) is 16.2 Å². The third-order valence-corrected chi connectivity index (χ3v) is 5.75. The monoisotopic (exact) mass is 410 g/mol. The minimum Gasteiger partial charge on any atom is -0.408 e. The molecule has 7 nitrogen and oxygen atoms in total. The number of ether oxygens (including phenoxy) is 1. The highest BCUT2D eigenvalue weighted by molar-refractivity contribution is 7.71. The van der Waals surface area contributed by atoms with Crippen LogP contribution >= 0.6 is 23.6 Å². The topological polar surface area (TPSA) is 72.5 Å². The predicted molar refractivity (Wildman–Crippen MR) is 107 cm³/mol. The first kappa shape index (κ1) is 20.2. The molecular formula is C18H26N4O3S2. The van der Waals surface area contributed by atoms with Gasteiger partial charge in [0.15, 0.2) is 0 Å². The van der Waals surface area contributed by atoms with Gasteiger partial charge in [0.05, 0.1) is 11.5 Å². The first-order valence-corrected chi connectivity index (χ1v) is 10.7. The lowest BCUT2D eigenvalue weighted by Crippen LogP contribution is -2.41. The lowest BCUT2D eigenvalue weighted by Gasteiger charge is -2.30. The van der Waals surface area contributed by atoms with Gasteiger partial charge < -0.3 is 14.5 Å². The van der Waals surface area contributed by atoms with Crippen LogP contribution in [0.4, 0.5) is 0 Å². The molecule has 3 rings (SSSR count). The maximum absolute atomic E-state index is 12.3. The second kappa shape index (κ2) is 10.1. The molecule has 148 valence electrons. The zero-order chi connectivity index (χ0) is 19.1. The Balaban J connectivity index is 1.43. The molecule has 2 aromatic rings. The Hall–Kier alpha value is -1.55. The number of nitrogens with zero attached hydrogens (tertiary/aromatic N) is 3. The highest BCUT2D eigenvalue weighted by atomic mass is 32.1. The van der Waals surface area contributed by atoms with Crippen molar-refractivity contribution in [3.05, 3.63) is 22.4 Å². The summed E-state index contributed by atoms with van der Waals surface area (Å²) in [5.41, 5.74) is 0. The standard InChI is InChI=1S/C18H26N4O3S2/c1-2-24-11-4-8-19-16(23)14-6-9-21(10-7-14)13-22-18(26)25-17(20-22)15-5-3-12-27-15/h3,5,12,14H,2,4,6-11,13H2,1H3,(H,19,23). The highest BCUT2D eigenvalue weighted by Crippen LogP contribution is 2.24. The minimum absolute atomic E-state index is 0.0836. The van der Waals surface area contributed by atoms with Gasteiger partial charge in [-0.3, -0.25) is 9.69 Å². The van der Waals surface area contributed by atoms with Crippen molar-refractivity contribution in [3.63, 3.8) is 0 Å². The van der Waals surface area contributed by atoms with Crippen molar-refractivity contribution in [2.45, 2.75) is 32.9 Å². The van der Waals surface area contributed by atoms with Crippen LogP contribution in [0.2, 0.25) is 0 Å². The van der Waals surface area contributed by atoms with Crippen LogP contribution in [0.1, 0.15) is 26.2 Å². The summed E-state index contributed by atoms with van der Waals surface area (Å²) < 4.78 is 12.6. The van der Waals surface area contributed by atoms with E-state index in [9.17, 15) is 4.79 Å². The lowest BCUT2D eigenvalue weighted by atomic mass is 9.96. The molecule has 0 unspecified atom stereocenters. The summed E-state index contributed by atoms with van der Waals surface area (Å²) in [6.45, 7) is 6.36. The van der Waals surface area contributed by atoms with Crippen LogP contribution in [0.3, 0.4) is 0 Å². The third-order valence-electron chi connectivity index (χ3n) is 4.60. The number of carbonyl (C=O) groups is 1. The van der Waals surface area contributed by atoms with E-state index in [-0.39, 0.29) is 11.8 Å². The molecule has 0 bridgehead atoms. The Morgan fingerprint density at radius 3 is 3.00 bits per heavy atom. The smallest absolute Gasteiger partial charge is 0.288 e. The Kier molecular flexibility index (Phi) is 7.57. The molecule has 1 aliphatic rings. The zero-order valence-corrected chi connectivity index (χ0v) is 17.2. The fourth-order valence-electron chi connectivity index (χ4n) is 3.10. The Bertz CT molecular complexity index is 764. The molecule has 1 N–H and O–H groups in total. The van der Waals surface area contributed by atoms with E-state index in [2.05, 4.69) is 15.3 Å². The molecule has 0 radical (unpaired) electrons. The summed E-state index contributed by atoms with van der Waals surface area (Å²) in [5, 5.41) is 9.49. The summed E-state index contributed by atoms with van der Waals surface area (Å²) in [4.78, 5) is 15.9. The van der Waals surface area contributed by atoms with Crippen molar-refractivity contribution >= 4 is 29.5 Å². The van der Waals surface area contributed by atoms with Crippen molar-refractivity contribution in [2.24, 2.45) is 5.92 Å². The van der Waals surface area contributed by atoms with Crippen LogP contribution in [0.5, 0.6) is 0 Å². The van der Waals surface area contributed by atoms with Gasteiger partial charge in [0, 0.05) is 38.8 Å². The van der Waals surface area contributed by atoms with E-state index in [0.717, 1.165) is 43.8 Å². The summed E-state index contributed by atoms with van der Waals surface area (Å²) in [6, 6.07) is 3.93. The fourth-order valence-corrected chi connectivity index (χ4v) is 3.92. The number of thiophene rings is 1. The third kappa shape index (κ3) is 5.71. The number of nitrogens with one attached hydrogen (secondary N) is 1. The van der Waals surface area contributed by atoms with Gasteiger partial charge in [-0.05, 0) is 49.9 Å². The SMILES string of the molecule is CCOCCCNC(=O)C1CCN(Cn2nc(-c3cccs3)oc2=S)CC1. The van der Waals surface area contributed by atoms with Crippen LogP contribution < -0.4 is 5.32 Å². The molecule has 2 aromatic heterocycles. The van der Waals surface area contributed by atoms with Gasteiger partial charge in [0.25, 0.3) is 10.7 Å². The number of piperidine rings is 1. The number of carbonyl (C=O) groups excluding carboxylic acids is 1. The van der Waals surface area contributed by atoms with Gasteiger partial charge in [-0.15, -0.1) is 16.4 Å². The maximum atomic E-state index is 12.3. The number of aromatic nitrogens is 2. The summed E-state index contributed by atoms with van der Waals surface area (Å²) >= 11 is 6.87. The lowest BCUT2D eigenvalue weighted by molar-refractivity contribution is -0.126. The minimum atomic E-state index is 0.0836. The number of likely N-dealkylation sites (tertiary alicyclic amines) is 1. The van der Waals surface area contributed by atoms with Crippen molar-refractivity contribution in [1.82, 2.24) is 20.0 Å². The van der Waals surface area contributed by atoms with Gasteiger partial charge in [0.1, 0.15) is 0 Å². The first-order valence-electron chi connectivity index (χ1n) is 9.37. The molecule has 1 fully saturated rings. The molecule has 0 atom stereocenters. The first-order chi connectivity index (χ1) is 13.2. The summed E-state index contributed by atoms with van der Waals surface area (Å²) in [6.07, 6.45) is 2.55. The van der Waals surface area contributed by atoms with E-state index in [1.165, 1.54) is 0 Å². The maximum Gasteiger partial charge on any atom is 0.288 e. The van der Waals surface area contributed by atoms with E-state index in [4.69, 9.17) is 21.4 Å². The fraction of sp³-hybridized carbons (Fsp3) is 0.611. The van der Waals surface area contributed by atoms with Gasteiger partial charge >= 0.3 is 0 Å².